The van der Waals surface area contributed by atoms with Crippen LogP contribution in [0.15, 0.2) is 27.3 Å². The maximum Gasteiger partial charge on any atom is 0.519 e. The minimum atomic E-state index is -1.33. The van der Waals surface area contributed by atoms with Crippen LogP contribution in [0.3, 0.4) is 0 Å². The molecule has 0 aromatic carbocycles. The standard InChI is InChI=1S/C18H19NO10/c1-7-10(28-16(22)26-7)5-24-14(20)12-9-3-4-18(19,13(9)12)15(21)25-6-11-8(2)27-17(23)29-11/h9,12-13H,3-6,19H2,1-2H3/t9?,12-,13?,18-/m0/s1. The summed E-state index contributed by atoms with van der Waals surface area (Å²) in [4.78, 5) is 47.1. The van der Waals surface area contributed by atoms with Crippen molar-refractivity contribution < 1.29 is 36.7 Å². The number of ether oxygens (including phenoxy) is 2. The number of carbonyl (C=O) groups excluding carboxylic acids is 2. The molecule has 2 saturated carbocycles. The van der Waals surface area contributed by atoms with E-state index in [9.17, 15) is 19.2 Å². The van der Waals surface area contributed by atoms with Crippen molar-refractivity contribution in [2.24, 2.45) is 23.5 Å². The van der Waals surface area contributed by atoms with Crippen LogP contribution >= 0.6 is 0 Å². The maximum absolute atomic E-state index is 12.6. The topological polar surface area (TPSA) is 165 Å². The predicted octanol–water partition coefficient (Wildman–Crippen LogP) is 0.536. The molecule has 156 valence electrons. The Kier molecular flexibility index (Phi) is 4.49. The van der Waals surface area contributed by atoms with Gasteiger partial charge in [0, 0.05) is 5.92 Å². The molecule has 0 amide bonds. The first-order chi connectivity index (χ1) is 13.7. The Morgan fingerprint density at radius 1 is 1.00 bits per heavy atom. The van der Waals surface area contributed by atoms with Gasteiger partial charge in [0.05, 0.1) is 5.92 Å². The molecular weight excluding hydrogens is 390 g/mol. The summed E-state index contributed by atoms with van der Waals surface area (Å²) in [7, 11) is 0. The van der Waals surface area contributed by atoms with Gasteiger partial charge in [-0.1, -0.05) is 0 Å². The molecular formula is C18H19NO10. The summed E-state index contributed by atoms with van der Waals surface area (Å²) >= 11 is 0. The lowest BCUT2D eigenvalue weighted by atomic mass is 9.91. The summed E-state index contributed by atoms with van der Waals surface area (Å²) in [6.45, 7) is 2.49. The van der Waals surface area contributed by atoms with E-state index >= 15 is 0 Å². The third-order valence-electron chi connectivity index (χ3n) is 5.66. The number of rotatable bonds is 6. The van der Waals surface area contributed by atoms with E-state index in [2.05, 4.69) is 0 Å². The van der Waals surface area contributed by atoms with E-state index in [-0.39, 0.29) is 42.2 Å². The van der Waals surface area contributed by atoms with E-state index < -0.39 is 41.0 Å². The molecule has 2 unspecified atom stereocenters. The first-order valence-electron chi connectivity index (χ1n) is 9.02. The average Bonchev–Trinajstić information content (AvgIpc) is 2.98. The van der Waals surface area contributed by atoms with Gasteiger partial charge in [-0.2, -0.15) is 0 Å². The molecule has 4 rings (SSSR count). The number of hydrogen-bond donors (Lipinski definition) is 1. The van der Waals surface area contributed by atoms with Crippen molar-refractivity contribution in [1.82, 2.24) is 0 Å². The average molecular weight is 409 g/mol. The molecule has 2 heterocycles. The Labute approximate surface area is 162 Å². The van der Waals surface area contributed by atoms with Crippen molar-refractivity contribution in [3.63, 3.8) is 0 Å². The molecule has 4 atom stereocenters. The van der Waals surface area contributed by atoms with Crippen molar-refractivity contribution in [3.8, 4) is 0 Å². The van der Waals surface area contributed by atoms with Crippen LogP contribution in [-0.2, 0) is 32.3 Å². The second kappa shape index (κ2) is 6.76. The third-order valence-corrected chi connectivity index (χ3v) is 5.66. The highest BCUT2D eigenvalue weighted by atomic mass is 16.6. The SMILES string of the molecule is Cc1oc(=O)oc1COC(=O)[C@H]1C2CC[C@@](N)(C(=O)OCc3oc(=O)oc3C)C21. The normalized spacial score (nSPS) is 27.5. The van der Waals surface area contributed by atoms with Crippen LogP contribution in [0.25, 0.3) is 0 Å². The molecule has 0 aliphatic heterocycles. The van der Waals surface area contributed by atoms with Crippen LogP contribution < -0.4 is 17.4 Å². The lowest BCUT2D eigenvalue weighted by Gasteiger charge is -2.24. The van der Waals surface area contributed by atoms with Crippen LogP contribution in [0.1, 0.15) is 35.9 Å². The first-order valence-corrected chi connectivity index (χ1v) is 9.02. The van der Waals surface area contributed by atoms with E-state index in [4.69, 9.17) is 32.9 Å². The highest BCUT2D eigenvalue weighted by Gasteiger charge is 2.70. The summed E-state index contributed by atoms with van der Waals surface area (Å²) < 4.78 is 29.4. The van der Waals surface area contributed by atoms with Gasteiger partial charge in [0.2, 0.25) is 0 Å². The largest absolute Gasteiger partial charge is 0.519 e. The van der Waals surface area contributed by atoms with Crippen LogP contribution in [-0.4, -0.2) is 17.5 Å². The molecule has 2 aliphatic rings. The van der Waals surface area contributed by atoms with Gasteiger partial charge in [0.1, 0.15) is 5.54 Å². The van der Waals surface area contributed by atoms with Crippen molar-refractivity contribution in [2.45, 2.75) is 45.4 Å². The van der Waals surface area contributed by atoms with E-state index in [1.165, 1.54) is 13.8 Å². The molecule has 11 heteroatoms. The minimum Gasteiger partial charge on any atom is -0.457 e. The monoisotopic (exact) mass is 409 g/mol. The molecule has 11 nitrogen and oxygen atoms in total. The maximum atomic E-state index is 12.6. The zero-order valence-corrected chi connectivity index (χ0v) is 15.7. The number of nitrogens with two attached hydrogens (primary N) is 1. The van der Waals surface area contributed by atoms with E-state index in [1.54, 1.807) is 0 Å². The zero-order chi connectivity index (χ0) is 20.9. The smallest absolute Gasteiger partial charge is 0.457 e. The number of hydrogen-bond acceptors (Lipinski definition) is 11. The van der Waals surface area contributed by atoms with Gasteiger partial charge in [-0.3, -0.25) is 9.59 Å². The minimum absolute atomic E-state index is 0.0777. The van der Waals surface area contributed by atoms with Gasteiger partial charge < -0.3 is 32.9 Å². The molecule has 2 aliphatic carbocycles. The second-order valence-electron chi connectivity index (χ2n) is 7.35. The third kappa shape index (κ3) is 3.31. The number of fused-ring (bicyclic) bond motifs is 1. The molecule has 2 N–H and O–H groups in total. The predicted molar refractivity (Wildman–Crippen MR) is 90.2 cm³/mol. The van der Waals surface area contributed by atoms with Gasteiger partial charge in [0.15, 0.2) is 36.3 Å². The summed E-state index contributed by atoms with van der Waals surface area (Å²) in [5.41, 5.74) is 4.96. The van der Waals surface area contributed by atoms with Gasteiger partial charge in [-0.15, -0.1) is 0 Å². The summed E-state index contributed by atoms with van der Waals surface area (Å²) in [5, 5.41) is 0. The van der Waals surface area contributed by atoms with Crippen LogP contribution in [0.2, 0.25) is 0 Å². The highest BCUT2D eigenvalue weighted by molar-refractivity contribution is 5.86. The Hall–Kier alpha value is -3.08. The van der Waals surface area contributed by atoms with Crippen molar-refractivity contribution in [2.75, 3.05) is 0 Å². The lowest BCUT2D eigenvalue weighted by molar-refractivity contribution is -0.154. The number of esters is 2. The fourth-order valence-corrected chi connectivity index (χ4v) is 4.08. The number of carbonyl (C=O) groups is 2. The molecule has 29 heavy (non-hydrogen) atoms. The summed E-state index contributed by atoms with van der Waals surface area (Å²) in [6.07, 6.45) is 0.949. The van der Waals surface area contributed by atoms with E-state index in [1.807, 2.05) is 0 Å². The quantitative estimate of drug-likeness (QED) is 0.661. The van der Waals surface area contributed by atoms with E-state index in [0.717, 1.165) is 0 Å². The van der Waals surface area contributed by atoms with Crippen LogP contribution in [0, 0.1) is 31.6 Å². The second-order valence-corrected chi connectivity index (χ2v) is 7.35. The van der Waals surface area contributed by atoms with Crippen molar-refractivity contribution in [1.29, 1.82) is 0 Å². The van der Waals surface area contributed by atoms with Gasteiger partial charge in [-0.05, 0) is 32.6 Å². The van der Waals surface area contributed by atoms with Gasteiger partial charge in [-0.25, -0.2) is 9.59 Å². The highest BCUT2D eigenvalue weighted by Crippen LogP contribution is 2.62. The first kappa shape index (κ1) is 19.2. The Morgan fingerprint density at radius 2 is 1.55 bits per heavy atom. The molecule has 0 bridgehead atoms. The molecule has 0 spiro atoms. The molecule has 2 aromatic heterocycles. The van der Waals surface area contributed by atoms with Gasteiger partial charge in [0.25, 0.3) is 0 Å². The Balaban J connectivity index is 1.36. The molecule has 2 aromatic rings. The number of aryl methyl sites for hydroxylation is 2. The Bertz CT molecular complexity index is 1070. The fraction of sp³-hybridized carbons (Fsp3) is 0.556. The lowest BCUT2D eigenvalue weighted by Crippen LogP contribution is -2.50. The van der Waals surface area contributed by atoms with E-state index in [0.29, 0.717) is 12.8 Å². The fourth-order valence-electron chi connectivity index (χ4n) is 4.08. The van der Waals surface area contributed by atoms with Crippen LogP contribution in [0.5, 0.6) is 0 Å². The molecule has 2 fully saturated rings. The molecule has 0 radical (unpaired) electrons. The summed E-state index contributed by atoms with van der Waals surface area (Å²) in [6, 6.07) is 0. The van der Waals surface area contributed by atoms with Gasteiger partial charge >= 0.3 is 23.6 Å². The van der Waals surface area contributed by atoms with Crippen molar-refractivity contribution >= 4 is 11.9 Å². The molecule has 0 saturated heterocycles. The van der Waals surface area contributed by atoms with Crippen LogP contribution in [0.4, 0.5) is 0 Å². The Morgan fingerprint density at radius 3 is 2.07 bits per heavy atom. The summed E-state index contributed by atoms with van der Waals surface area (Å²) in [5.74, 6) is -3.30. The zero-order valence-electron chi connectivity index (χ0n) is 15.7. The van der Waals surface area contributed by atoms with Crippen molar-refractivity contribution in [3.05, 3.63) is 44.3 Å².